The lowest BCUT2D eigenvalue weighted by atomic mass is 9.94. The summed E-state index contributed by atoms with van der Waals surface area (Å²) in [7, 11) is 0. The Kier molecular flexibility index (Phi) is 4.85. The zero-order valence-electron chi connectivity index (χ0n) is 12.3. The maximum atomic E-state index is 12.4. The maximum absolute atomic E-state index is 12.4. The molecule has 1 aromatic carbocycles. The van der Waals surface area contributed by atoms with Gasteiger partial charge in [-0.05, 0) is 17.5 Å². The van der Waals surface area contributed by atoms with E-state index in [1.807, 2.05) is 18.2 Å². The van der Waals surface area contributed by atoms with Crippen molar-refractivity contribution in [1.82, 2.24) is 15.5 Å². The van der Waals surface area contributed by atoms with Gasteiger partial charge >= 0.3 is 0 Å². The number of benzene rings is 1. The summed E-state index contributed by atoms with van der Waals surface area (Å²) < 4.78 is 5.32. The van der Waals surface area contributed by atoms with Gasteiger partial charge in [0.2, 0.25) is 5.91 Å². The van der Waals surface area contributed by atoms with Crippen molar-refractivity contribution >= 4 is 5.91 Å². The monoisotopic (exact) mass is 289 g/mol. The van der Waals surface area contributed by atoms with Crippen LogP contribution < -0.4 is 10.6 Å². The third-order valence-electron chi connectivity index (χ3n) is 4.20. The van der Waals surface area contributed by atoms with E-state index < -0.39 is 0 Å². The number of ether oxygens (including phenoxy) is 1. The highest BCUT2D eigenvalue weighted by atomic mass is 16.5. The first-order valence-corrected chi connectivity index (χ1v) is 7.73. The van der Waals surface area contributed by atoms with E-state index in [0.717, 1.165) is 51.4 Å². The summed E-state index contributed by atoms with van der Waals surface area (Å²) in [6.07, 6.45) is 0.994. The fraction of sp³-hybridized carbons (Fsp3) is 0.562. The van der Waals surface area contributed by atoms with Gasteiger partial charge in [0.15, 0.2) is 0 Å². The summed E-state index contributed by atoms with van der Waals surface area (Å²) in [5.74, 6) is 0.0791. The van der Waals surface area contributed by atoms with Crippen LogP contribution in [0.4, 0.5) is 0 Å². The Morgan fingerprint density at radius 2 is 2.14 bits per heavy atom. The number of carbonyl (C=O) groups excluding carboxylic acids is 1. The van der Waals surface area contributed by atoms with Crippen LogP contribution in [0.5, 0.6) is 0 Å². The fourth-order valence-corrected chi connectivity index (χ4v) is 3.00. The first kappa shape index (κ1) is 14.5. The van der Waals surface area contributed by atoms with E-state index in [0.29, 0.717) is 6.54 Å². The van der Waals surface area contributed by atoms with E-state index in [2.05, 4.69) is 21.6 Å². The molecular formula is C16H23N3O2. The van der Waals surface area contributed by atoms with E-state index in [-0.39, 0.29) is 11.9 Å². The Hall–Kier alpha value is -1.43. The quantitative estimate of drug-likeness (QED) is 0.838. The number of fused-ring (bicyclic) bond motifs is 1. The second kappa shape index (κ2) is 7.02. The Labute approximate surface area is 125 Å². The van der Waals surface area contributed by atoms with E-state index in [1.165, 1.54) is 5.56 Å². The van der Waals surface area contributed by atoms with Gasteiger partial charge in [0.1, 0.15) is 6.04 Å². The number of nitrogens with zero attached hydrogens (tertiary/aromatic N) is 1. The molecule has 0 aromatic heterocycles. The average Bonchev–Trinajstić information content (AvgIpc) is 2.55. The lowest BCUT2D eigenvalue weighted by Crippen LogP contribution is -2.45. The molecule has 5 nitrogen and oxygen atoms in total. The Balaban J connectivity index is 1.51. The molecule has 1 amide bonds. The number of amides is 1. The minimum absolute atomic E-state index is 0.0791. The lowest BCUT2D eigenvalue weighted by Gasteiger charge is -2.28. The molecule has 2 aliphatic heterocycles. The van der Waals surface area contributed by atoms with E-state index in [1.54, 1.807) is 0 Å². The summed E-state index contributed by atoms with van der Waals surface area (Å²) in [5, 5.41) is 6.37. The summed E-state index contributed by atoms with van der Waals surface area (Å²) in [4.78, 5) is 14.7. The summed E-state index contributed by atoms with van der Waals surface area (Å²) >= 11 is 0. The molecule has 0 bridgehead atoms. The molecule has 1 unspecified atom stereocenters. The van der Waals surface area contributed by atoms with Crippen molar-refractivity contribution in [1.29, 1.82) is 0 Å². The fourth-order valence-electron chi connectivity index (χ4n) is 3.00. The van der Waals surface area contributed by atoms with Crippen LogP contribution in [0, 0.1) is 0 Å². The number of carbonyl (C=O) groups is 1. The van der Waals surface area contributed by atoms with Gasteiger partial charge in [-0.1, -0.05) is 24.3 Å². The number of hydrogen-bond acceptors (Lipinski definition) is 4. The van der Waals surface area contributed by atoms with Gasteiger partial charge in [0.25, 0.3) is 0 Å². The van der Waals surface area contributed by atoms with Crippen LogP contribution in [0.15, 0.2) is 24.3 Å². The van der Waals surface area contributed by atoms with Crippen LogP contribution in [0.2, 0.25) is 0 Å². The number of nitrogens with one attached hydrogen (secondary N) is 2. The molecule has 0 radical (unpaired) electrons. The van der Waals surface area contributed by atoms with Gasteiger partial charge < -0.3 is 15.4 Å². The number of morpholine rings is 1. The van der Waals surface area contributed by atoms with Crippen molar-refractivity contribution in [3.8, 4) is 0 Å². The molecular weight excluding hydrogens is 266 g/mol. The molecule has 2 aliphatic rings. The first-order chi connectivity index (χ1) is 10.3. The van der Waals surface area contributed by atoms with Gasteiger partial charge in [0, 0.05) is 32.7 Å². The lowest BCUT2D eigenvalue weighted by molar-refractivity contribution is -0.123. The molecule has 1 atom stereocenters. The van der Waals surface area contributed by atoms with Gasteiger partial charge in [0.05, 0.1) is 13.2 Å². The van der Waals surface area contributed by atoms with Gasteiger partial charge in [-0.3, -0.25) is 9.69 Å². The van der Waals surface area contributed by atoms with Gasteiger partial charge in [-0.2, -0.15) is 0 Å². The third kappa shape index (κ3) is 3.61. The molecule has 0 saturated carbocycles. The molecule has 5 heteroatoms. The summed E-state index contributed by atoms with van der Waals surface area (Å²) in [5.41, 5.74) is 2.40. The van der Waals surface area contributed by atoms with Crippen LogP contribution in [0.25, 0.3) is 0 Å². The molecule has 0 spiro atoms. The Morgan fingerprint density at radius 1 is 1.33 bits per heavy atom. The van der Waals surface area contributed by atoms with Crippen molar-refractivity contribution in [3.63, 3.8) is 0 Å². The third-order valence-corrected chi connectivity index (χ3v) is 4.20. The van der Waals surface area contributed by atoms with Gasteiger partial charge in [-0.25, -0.2) is 0 Å². The zero-order chi connectivity index (χ0) is 14.5. The SMILES string of the molecule is O=C(NCCN1CCOCC1)C1NCCc2ccccc21. The van der Waals surface area contributed by atoms with Crippen LogP contribution in [0.1, 0.15) is 17.2 Å². The molecule has 2 heterocycles. The second-order valence-corrected chi connectivity index (χ2v) is 5.58. The molecule has 0 aliphatic carbocycles. The normalized spacial score (nSPS) is 22.6. The zero-order valence-corrected chi connectivity index (χ0v) is 12.3. The van der Waals surface area contributed by atoms with E-state index >= 15 is 0 Å². The highest BCUT2D eigenvalue weighted by Gasteiger charge is 2.25. The second-order valence-electron chi connectivity index (χ2n) is 5.58. The minimum Gasteiger partial charge on any atom is -0.379 e. The molecule has 21 heavy (non-hydrogen) atoms. The van der Waals surface area contributed by atoms with Crippen LogP contribution in [-0.4, -0.2) is 56.7 Å². The molecule has 114 valence electrons. The standard InChI is InChI=1S/C16H23N3O2/c20-16(18-7-8-19-9-11-21-12-10-19)15-14-4-2-1-3-13(14)5-6-17-15/h1-4,15,17H,5-12H2,(H,18,20). The highest BCUT2D eigenvalue weighted by Crippen LogP contribution is 2.22. The maximum Gasteiger partial charge on any atom is 0.241 e. The molecule has 1 aromatic rings. The summed E-state index contributed by atoms with van der Waals surface area (Å²) in [6.45, 7) is 5.96. The largest absolute Gasteiger partial charge is 0.379 e. The Bertz CT molecular complexity index is 486. The molecule has 1 saturated heterocycles. The Morgan fingerprint density at radius 3 is 3.00 bits per heavy atom. The van der Waals surface area contributed by atoms with Gasteiger partial charge in [-0.15, -0.1) is 0 Å². The van der Waals surface area contributed by atoms with Crippen LogP contribution in [0.3, 0.4) is 0 Å². The van der Waals surface area contributed by atoms with Crippen molar-refractivity contribution in [2.75, 3.05) is 45.9 Å². The van der Waals surface area contributed by atoms with Crippen molar-refractivity contribution in [2.45, 2.75) is 12.5 Å². The minimum atomic E-state index is -0.209. The molecule has 3 rings (SSSR count). The highest BCUT2D eigenvalue weighted by molar-refractivity contribution is 5.83. The first-order valence-electron chi connectivity index (χ1n) is 7.73. The van der Waals surface area contributed by atoms with Crippen molar-refractivity contribution < 1.29 is 9.53 Å². The van der Waals surface area contributed by atoms with Crippen molar-refractivity contribution in [2.24, 2.45) is 0 Å². The predicted octanol–water partition coefficient (Wildman–Crippen LogP) is 0.322. The van der Waals surface area contributed by atoms with E-state index in [9.17, 15) is 4.79 Å². The predicted molar refractivity (Wildman–Crippen MR) is 81.2 cm³/mol. The molecule has 2 N–H and O–H groups in total. The molecule has 1 fully saturated rings. The topological polar surface area (TPSA) is 53.6 Å². The number of rotatable bonds is 4. The average molecular weight is 289 g/mol. The van der Waals surface area contributed by atoms with Crippen LogP contribution in [-0.2, 0) is 16.0 Å². The van der Waals surface area contributed by atoms with Crippen molar-refractivity contribution in [3.05, 3.63) is 35.4 Å². The van der Waals surface area contributed by atoms with E-state index in [4.69, 9.17) is 4.74 Å². The summed E-state index contributed by atoms with van der Waals surface area (Å²) in [6, 6.07) is 7.99. The smallest absolute Gasteiger partial charge is 0.241 e. The number of hydrogen-bond donors (Lipinski definition) is 2. The van der Waals surface area contributed by atoms with Crippen LogP contribution >= 0.6 is 0 Å².